The largest absolute Gasteiger partial charge is 0.360 e. The highest BCUT2D eigenvalue weighted by Crippen LogP contribution is 2.52. The molecule has 0 aliphatic carbocycles. The number of nitrogens with zero attached hydrogens (tertiary/aromatic N) is 2. The van der Waals surface area contributed by atoms with Crippen LogP contribution < -0.4 is 0 Å². The van der Waals surface area contributed by atoms with E-state index in [1.54, 1.807) is 16.2 Å². The van der Waals surface area contributed by atoms with Crippen LogP contribution >= 0.6 is 11.3 Å². The van der Waals surface area contributed by atoms with Gasteiger partial charge in [-0.1, -0.05) is 42.0 Å². The third kappa shape index (κ3) is 3.02. The zero-order chi connectivity index (χ0) is 20.2. The summed E-state index contributed by atoms with van der Waals surface area (Å²) < 4.78 is 6.25. The molecule has 4 atom stereocenters. The molecule has 1 spiro atoms. The van der Waals surface area contributed by atoms with E-state index < -0.39 is 17.4 Å². The molecule has 29 heavy (non-hydrogen) atoms. The summed E-state index contributed by atoms with van der Waals surface area (Å²) in [5, 5.41) is 4.06. The first-order valence-electron chi connectivity index (χ1n) is 9.94. The van der Waals surface area contributed by atoms with Crippen LogP contribution in [-0.4, -0.2) is 46.9 Å². The first kappa shape index (κ1) is 18.6. The van der Waals surface area contributed by atoms with Crippen molar-refractivity contribution < 1.29 is 14.3 Å². The Morgan fingerprint density at radius 1 is 1.34 bits per heavy atom. The van der Waals surface area contributed by atoms with E-state index in [-0.39, 0.29) is 17.9 Å². The molecule has 4 heterocycles. The average Bonchev–Trinajstić information content (AvgIpc) is 3.45. The number of benzene rings is 1. The van der Waals surface area contributed by atoms with Gasteiger partial charge in [0.05, 0.1) is 24.5 Å². The number of hydrogen-bond donors (Lipinski definition) is 0. The van der Waals surface area contributed by atoms with Crippen molar-refractivity contribution in [2.45, 2.75) is 31.7 Å². The van der Waals surface area contributed by atoms with E-state index >= 15 is 0 Å². The van der Waals surface area contributed by atoms with Gasteiger partial charge >= 0.3 is 0 Å². The van der Waals surface area contributed by atoms with Gasteiger partial charge in [0.15, 0.2) is 0 Å². The summed E-state index contributed by atoms with van der Waals surface area (Å²) in [5.74, 6) is -0.859. The van der Waals surface area contributed by atoms with E-state index in [0.29, 0.717) is 19.6 Å². The Bertz CT molecular complexity index is 986. The van der Waals surface area contributed by atoms with Crippen molar-refractivity contribution in [3.05, 3.63) is 69.9 Å². The molecule has 150 valence electrons. The van der Waals surface area contributed by atoms with Gasteiger partial charge in [-0.3, -0.25) is 9.59 Å². The summed E-state index contributed by atoms with van der Waals surface area (Å²) in [6.07, 6.45) is 3.68. The number of thiophene rings is 1. The first-order valence-corrected chi connectivity index (χ1v) is 10.9. The van der Waals surface area contributed by atoms with Gasteiger partial charge in [-0.05, 0) is 34.9 Å². The molecule has 0 N–H and O–H groups in total. The van der Waals surface area contributed by atoms with Gasteiger partial charge in [0.2, 0.25) is 11.8 Å². The zero-order valence-corrected chi connectivity index (χ0v) is 17.4. The van der Waals surface area contributed by atoms with Crippen LogP contribution in [0.4, 0.5) is 0 Å². The van der Waals surface area contributed by atoms with Crippen molar-refractivity contribution >= 4 is 23.2 Å². The van der Waals surface area contributed by atoms with Crippen LogP contribution in [0, 0.1) is 18.8 Å². The van der Waals surface area contributed by atoms with Crippen LogP contribution in [0.5, 0.6) is 0 Å². The molecule has 2 fully saturated rings. The van der Waals surface area contributed by atoms with Crippen molar-refractivity contribution in [2.24, 2.45) is 11.8 Å². The molecule has 3 aliphatic rings. The number of amides is 2. The highest BCUT2D eigenvalue weighted by molar-refractivity contribution is 7.07. The van der Waals surface area contributed by atoms with E-state index in [4.69, 9.17) is 4.74 Å². The predicted molar refractivity (Wildman–Crippen MR) is 111 cm³/mol. The highest BCUT2D eigenvalue weighted by atomic mass is 32.1. The Hall–Kier alpha value is -2.44. The molecule has 2 bridgehead atoms. The lowest BCUT2D eigenvalue weighted by Gasteiger charge is -2.27. The lowest BCUT2D eigenvalue weighted by atomic mass is 9.76. The Labute approximate surface area is 174 Å². The van der Waals surface area contributed by atoms with Gasteiger partial charge in [-0.2, -0.15) is 11.3 Å². The standard InChI is InChI=1S/C23H24N2O3S/c1-15-4-3-5-16(10-15)12-25-14-23-8-6-18(28-23)19(20(23)22(25)27)21(26)24(2)11-17-7-9-29-13-17/h3-10,13,18-20H,11-12,14H2,1-2H3. The molecule has 0 radical (unpaired) electrons. The second-order valence-corrected chi connectivity index (χ2v) is 9.19. The monoisotopic (exact) mass is 408 g/mol. The molecular formula is C23H24N2O3S. The van der Waals surface area contributed by atoms with Gasteiger partial charge in [-0.25, -0.2) is 0 Å². The number of carbonyl (C=O) groups is 2. The van der Waals surface area contributed by atoms with Crippen LogP contribution in [-0.2, 0) is 27.4 Å². The Balaban J connectivity index is 1.37. The van der Waals surface area contributed by atoms with Crippen LogP contribution in [0.2, 0.25) is 0 Å². The Morgan fingerprint density at radius 2 is 2.21 bits per heavy atom. The number of fused-ring (bicyclic) bond motifs is 1. The summed E-state index contributed by atoms with van der Waals surface area (Å²) in [6.45, 7) is 3.66. The maximum atomic E-state index is 13.4. The maximum absolute atomic E-state index is 13.4. The van der Waals surface area contributed by atoms with Gasteiger partial charge < -0.3 is 14.5 Å². The summed E-state index contributed by atoms with van der Waals surface area (Å²) in [6, 6.07) is 10.2. The number of rotatable bonds is 5. The van der Waals surface area contributed by atoms with Crippen LogP contribution in [0.15, 0.2) is 53.2 Å². The zero-order valence-electron chi connectivity index (χ0n) is 16.6. The Kier molecular flexibility index (Phi) is 4.37. The van der Waals surface area contributed by atoms with Crippen molar-refractivity contribution in [3.8, 4) is 0 Å². The van der Waals surface area contributed by atoms with E-state index in [2.05, 4.69) is 6.07 Å². The number of hydrogen-bond acceptors (Lipinski definition) is 4. The third-order valence-corrected chi connectivity index (χ3v) is 7.03. The van der Waals surface area contributed by atoms with Crippen LogP contribution in [0.25, 0.3) is 0 Å². The SMILES string of the molecule is Cc1cccc(CN2CC34C=CC(O3)C(C(=O)N(C)Cc3ccsc3)C4C2=O)c1. The molecular weight excluding hydrogens is 384 g/mol. The molecule has 5 rings (SSSR count). The lowest BCUT2D eigenvalue weighted by molar-refractivity contribution is -0.142. The molecule has 3 aliphatic heterocycles. The minimum absolute atomic E-state index is 0.0109. The van der Waals surface area contributed by atoms with Gasteiger partial charge in [-0.15, -0.1) is 0 Å². The van der Waals surface area contributed by atoms with Crippen molar-refractivity contribution in [1.82, 2.24) is 9.80 Å². The third-order valence-electron chi connectivity index (χ3n) is 6.30. The molecule has 5 nitrogen and oxygen atoms in total. The molecule has 2 aromatic rings. The smallest absolute Gasteiger partial charge is 0.230 e. The van der Waals surface area contributed by atoms with Gasteiger partial charge in [0.25, 0.3) is 0 Å². The fourth-order valence-corrected chi connectivity index (χ4v) is 5.67. The summed E-state index contributed by atoms with van der Waals surface area (Å²) in [7, 11) is 1.81. The lowest BCUT2D eigenvalue weighted by Crippen LogP contribution is -2.44. The first-order chi connectivity index (χ1) is 14.0. The number of ether oxygens (including phenoxy) is 1. The van der Waals surface area contributed by atoms with Gasteiger partial charge in [0, 0.05) is 20.1 Å². The fourth-order valence-electron chi connectivity index (χ4n) is 5.01. The minimum atomic E-state index is -0.658. The molecule has 0 saturated carbocycles. The Morgan fingerprint density at radius 3 is 2.97 bits per heavy atom. The summed E-state index contributed by atoms with van der Waals surface area (Å²) in [5.41, 5.74) is 2.73. The molecule has 2 saturated heterocycles. The molecule has 6 heteroatoms. The van der Waals surface area contributed by atoms with E-state index in [0.717, 1.165) is 11.1 Å². The predicted octanol–water partition coefficient (Wildman–Crippen LogP) is 3.00. The molecule has 2 amide bonds. The highest BCUT2D eigenvalue weighted by Gasteiger charge is 2.67. The fraction of sp³-hybridized carbons (Fsp3) is 0.391. The number of aryl methyl sites for hydroxylation is 1. The molecule has 1 aromatic carbocycles. The van der Waals surface area contributed by atoms with E-state index in [1.165, 1.54) is 5.56 Å². The topological polar surface area (TPSA) is 49.9 Å². The van der Waals surface area contributed by atoms with Gasteiger partial charge in [0.1, 0.15) is 5.60 Å². The van der Waals surface area contributed by atoms with Crippen molar-refractivity contribution in [1.29, 1.82) is 0 Å². The van der Waals surface area contributed by atoms with Crippen LogP contribution in [0.1, 0.15) is 16.7 Å². The quantitative estimate of drug-likeness (QED) is 0.715. The normalized spacial score (nSPS) is 29.5. The maximum Gasteiger partial charge on any atom is 0.230 e. The number of carbonyl (C=O) groups excluding carboxylic acids is 2. The van der Waals surface area contributed by atoms with E-state index in [1.807, 2.05) is 66.0 Å². The minimum Gasteiger partial charge on any atom is -0.360 e. The second-order valence-electron chi connectivity index (χ2n) is 8.41. The second kappa shape index (κ2) is 6.82. The molecule has 4 unspecified atom stereocenters. The summed E-state index contributed by atoms with van der Waals surface area (Å²) in [4.78, 5) is 30.2. The average molecular weight is 409 g/mol. The summed E-state index contributed by atoms with van der Waals surface area (Å²) >= 11 is 1.62. The van der Waals surface area contributed by atoms with Crippen molar-refractivity contribution in [2.75, 3.05) is 13.6 Å². The van der Waals surface area contributed by atoms with Crippen LogP contribution in [0.3, 0.4) is 0 Å². The number of likely N-dealkylation sites (tertiary alicyclic amines) is 1. The van der Waals surface area contributed by atoms with E-state index in [9.17, 15) is 9.59 Å². The molecule has 1 aromatic heterocycles. The van der Waals surface area contributed by atoms with Crippen molar-refractivity contribution in [3.63, 3.8) is 0 Å².